The van der Waals surface area contributed by atoms with E-state index in [9.17, 15) is 19.5 Å². The van der Waals surface area contributed by atoms with Crippen molar-refractivity contribution < 1.29 is 29.0 Å². The van der Waals surface area contributed by atoms with E-state index in [-0.39, 0.29) is 25.5 Å². The summed E-state index contributed by atoms with van der Waals surface area (Å²) in [5.74, 6) is -3.02. The molecule has 2 aromatic rings. The van der Waals surface area contributed by atoms with Gasteiger partial charge in [0.2, 0.25) is 0 Å². The Morgan fingerprint density at radius 3 is 2.12 bits per heavy atom. The summed E-state index contributed by atoms with van der Waals surface area (Å²) in [6.07, 6.45) is -1.12. The van der Waals surface area contributed by atoms with E-state index in [1.165, 1.54) is 0 Å². The smallest absolute Gasteiger partial charge is 0.411 e. The van der Waals surface area contributed by atoms with Gasteiger partial charge >= 0.3 is 18.0 Å². The molecule has 1 fully saturated rings. The summed E-state index contributed by atoms with van der Waals surface area (Å²) in [6, 6.07) is 15.8. The first-order chi connectivity index (χ1) is 15.5. The van der Waals surface area contributed by atoms with Gasteiger partial charge in [-0.25, -0.2) is 9.59 Å². The average Bonchev–Trinajstić information content (AvgIpc) is 3.28. The molecule has 1 amide bonds. The number of benzene rings is 2. The number of likely N-dealkylation sites (tertiary alicyclic amines) is 1. The number of amides is 1. The molecule has 2 aliphatic rings. The third kappa shape index (κ3) is 4.18. The molecule has 0 spiro atoms. The van der Waals surface area contributed by atoms with Crippen LogP contribution in [0.2, 0.25) is 0 Å². The van der Waals surface area contributed by atoms with Crippen molar-refractivity contribution in [2.24, 2.45) is 11.7 Å². The van der Waals surface area contributed by atoms with E-state index < -0.39 is 35.2 Å². The Morgan fingerprint density at radius 1 is 1.06 bits per heavy atom. The van der Waals surface area contributed by atoms with E-state index in [1.54, 1.807) is 20.8 Å². The van der Waals surface area contributed by atoms with Gasteiger partial charge in [-0.1, -0.05) is 48.5 Å². The fourth-order valence-electron chi connectivity index (χ4n) is 4.59. The lowest BCUT2D eigenvalue weighted by molar-refractivity contribution is -0.159. The minimum atomic E-state index is -2.05. The zero-order valence-electron chi connectivity index (χ0n) is 18.9. The highest BCUT2D eigenvalue weighted by Gasteiger charge is 2.54. The average molecular weight is 453 g/mol. The molecule has 2 atom stereocenters. The number of fused-ring (bicyclic) bond motifs is 3. The third-order valence-corrected chi connectivity index (χ3v) is 6.11. The van der Waals surface area contributed by atoms with Gasteiger partial charge in [-0.05, 0) is 43.0 Å². The van der Waals surface area contributed by atoms with Crippen molar-refractivity contribution in [3.05, 3.63) is 59.7 Å². The number of hydrogen-bond acceptors (Lipinski definition) is 6. The summed E-state index contributed by atoms with van der Waals surface area (Å²) >= 11 is 0. The van der Waals surface area contributed by atoms with Gasteiger partial charge in [-0.15, -0.1) is 0 Å². The first kappa shape index (κ1) is 22.8. The van der Waals surface area contributed by atoms with E-state index in [1.807, 2.05) is 48.5 Å². The second-order valence-corrected chi connectivity index (χ2v) is 9.58. The molecular weight excluding hydrogens is 424 g/mol. The zero-order valence-corrected chi connectivity index (χ0v) is 18.9. The van der Waals surface area contributed by atoms with Gasteiger partial charge in [0, 0.05) is 18.9 Å². The van der Waals surface area contributed by atoms with Crippen molar-refractivity contribution in [1.29, 1.82) is 0 Å². The molecule has 4 rings (SSSR count). The van der Waals surface area contributed by atoms with E-state index in [0.717, 1.165) is 27.2 Å². The monoisotopic (exact) mass is 452 g/mol. The lowest BCUT2D eigenvalue weighted by Gasteiger charge is -2.30. The number of nitrogens with two attached hydrogens (primary N) is 1. The van der Waals surface area contributed by atoms with Crippen molar-refractivity contribution in [3.63, 3.8) is 0 Å². The molecule has 1 aliphatic heterocycles. The van der Waals surface area contributed by atoms with Crippen molar-refractivity contribution in [2.45, 2.75) is 44.4 Å². The Morgan fingerprint density at radius 2 is 1.61 bits per heavy atom. The van der Waals surface area contributed by atoms with Gasteiger partial charge in [0.1, 0.15) is 12.2 Å². The van der Waals surface area contributed by atoms with Crippen LogP contribution in [0.15, 0.2) is 48.5 Å². The molecule has 8 nitrogen and oxygen atoms in total. The molecule has 8 heteroatoms. The molecule has 0 aromatic heterocycles. The molecule has 2 aromatic carbocycles. The van der Waals surface area contributed by atoms with Crippen molar-refractivity contribution in [2.75, 3.05) is 13.2 Å². The van der Waals surface area contributed by atoms with E-state index in [2.05, 4.69) is 0 Å². The maximum absolute atomic E-state index is 13.0. The number of carboxylic acid groups (broad SMARTS) is 1. The van der Waals surface area contributed by atoms with Gasteiger partial charge in [-0.2, -0.15) is 0 Å². The van der Waals surface area contributed by atoms with Crippen LogP contribution in [0.5, 0.6) is 0 Å². The SMILES string of the molecule is CC(C)(C)OC(=O)C1CN(C(=O)OCC2c3ccccc3-c3ccccc32)C(N)(C(=O)O)C1. The van der Waals surface area contributed by atoms with Crippen LogP contribution in [0.3, 0.4) is 0 Å². The molecular formula is C25H28N2O6. The number of aliphatic carboxylic acids is 1. The fourth-order valence-corrected chi connectivity index (χ4v) is 4.59. The Balaban J connectivity index is 1.52. The number of ether oxygens (including phenoxy) is 2. The molecule has 1 saturated heterocycles. The highest BCUT2D eigenvalue weighted by molar-refractivity contribution is 5.87. The van der Waals surface area contributed by atoms with Crippen LogP contribution in [0.25, 0.3) is 11.1 Å². The number of rotatable bonds is 4. The minimum Gasteiger partial charge on any atom is -0.478 e. The Labute approximate surface area is 192 Å². The molecule has 1 aliphatic carbocycles. The van der Waals surface area contributed by atoms with Crippen molar-refractivity contribution in [1.82, 2.24) is 4.90 Å². The van der Waals surface area contributed by atoms with E-state index >= 15 is 0 Å². The van der Waals surface area contributed by atoms with Crippen LogP contribution in [-0.4, -0.2) is 52.5 Å². The van der Waals surface area contributed by atoms with Crippen LogP contribution >= 0.6 is 0 Å². The lowest BCUT2D eigenvalue weighted by Crippen LogP contribution is -2.60. The summed E-state index contributed by atoms with van der Waals surface area (Å²) in [5.41, 5.74) is 7.54. The Kier molecular flexibility index (Phi) is 5.66. The quantitative estimate of drug-likeness (QED) is 0.683. The summed E-state index contributed by atoms with van der Waals surface area (Å²) in [6.45, 7) is 4.99. The molecule has 1 heterocycles. The maximum atomic E-state index is 13.0. The molecule has 33 heavy (non-hydrogen) atoms. The largest absolute Gasteiger partial charge is 0.478 e. The molecule has 174 valence electrons. The van der Waals surface area contributed by atoms with E-state index in [4.69, 9.17) is 15.2 Å². The van der Waals surface area contributed by atoms with Crippen molar-refractivity contribution >= 4 is 18.0 Å². The predicted molar refractivity (Wildman–Crippen MR) is 120 cm³/mol. The number of hydrogen-bond donors (Lipinski definition) is 2. The highest BCUT2D eigenvalue weighted by atomic mass is 16.6. The fraction of sp³-hybridized carbons (Fsp3) is 0.400. The second kappa shape index (κ2) is 8.19. The molecule has 2 unspecified atom stereocenters. The number of nitrogens with zero attached hydrogens (tertiary/aromatic N) is 1. The number of carbonyl (C=O) groups excluding carboxylic acids is 2. The van der Waals surface area contributed by atoms with Crippen LogP contribution in [0.1, 0.15) is 44.2 Å². The predicted octanol–water partition coefficient (Wildman–Crippen LogP) is 3.34. The normalized spacial score (nSPS) is 21.9. The van der Waals surface area contributed by atoms with Crippen molar-refractivity contribution in [3.8, 4) is 11.1 Å². The number of esters is 1. The zero-order chi connectivity index (χ0) is 24.0. The minimum absolute atomic E-state index is 0.0240. The Hall–Kier alpha value is -3.39. The first-order valence-corrected chi connectivity index (χ1v) is 10.9. The Bertz CT molecular complexity index is 1060. The first-order valence-electron chi connectivity index (χ1n) is 10.9. The highest BCUT2D eigenvalue weighted by Crippen LogP contribution is 2.44. The van der Waals surface area contributed by atoms with E-state index in [0.29, 0.717) is 0 Å². The molecule has 0 saturated carbocycles. The van der Waals surface area contributed by atoms with Crippen LogP contribution < -0.4 is 5.73 Å². The summed E-state index contributed by atoms with van der Waals surface area (Å²) < 4.78 is 11.0. The molecule has 0 radical (unpaired) electrons. The van der Waals surface area contributed by atoms with Gasteiger partial charge in [0.05, 0.1) is 5.92 Å². The van der Waals surface area contributed by atoms with Crippen LogP contribution in [0, 0.1) is 5.92 Å². The van der Waals surface area contributed by atoms with Gasteiger partial charge < -0.3 is 14.6 Å². The summed E-state index contributed by atoms with van der Waals surface area (Å²) in [7, 11) is 0. The second-order valence-electron chi connectivity index (χ2n) is 9.58. The molecule has 0 bridgehead atoms. The van der Waals surface area contributed by atoms with Crippen LogP contribution in [-0.2, 0) is 19.1 Å². The number of carbonyl (C=O) groups is 3. The van der Waals surface area contributed by atoms with Gasteiger partial charge in [0.25, 0.3) is 0 Å². The lowest BCUT2D eigenvalue weighted by atomic mass is 9.98. The standard InChI is InChI=1S/C25H28N2O6/c1-24(2,3)33-21(28)15-12-25(26,22(29)30)27(13-15)23(31)32-14-20-18-10-6-4-8-16(18)17-9-5-7-11-19(17)20/h4-11,15,20H,12-14,26H2,1-3H3,(H,29,30). The van der Waals surface area contributed by atoms with Gasteiger partial charge in [-0.3, -0.25) is 15.4 Å². The maximum Gasteiger partial charge on any atom is 0.411 e. The molecule has 3 N–H and O–H groups in total. The number of carboxylic acids is 1. The summed E-state index contributed by atoms with van der Waals surface area (Å²) in [5, 5.41) is 9.74. The van der Waals surface area contributed by atoms with Gasteiger partial charge in [0.15, 0.2) is 5.66 Å². The summed E-state index contributed by atoms with van der Waals surface area (Å²) in [4.78, 5) is 38.4. The topological polar surface area (TPSA) is 119 Å². The van der Waals surface area contributed by atoms with Crippen LogP contribution in [0.4, 0.5) is 4.79 Å². The third-order valence-electron chi connectivity index (χ3n) is 6.11.